The van der Waals surface area contributed by atoms with E-state index in [1.807, 2.05) is 30.5 Å². The first kappa shape index (κ1) is 26.2. The van der Waals surface area contributed by atoms with Crippen LogP contribution in [0.5, 0.6) is 0 Å². The minimum Gasteiger partial charge on any atom is -0.378 e. The number of anilines is 2. The van der Waals surface area contributed by atoms with E-state index in [9.17, 15) is 4.79 Å². The molecule has 206 valence electrons. The molecule has 0 bridgehead atoms. The summed E-state index contributed by atoms with van der Waals surface area (Å²) in [6.07, 6.45) is 5.53. The van der Waals surface area contributed by atoms with Crippen LogP contribution in [-0.2, 0) is 16.0 Å². The summed E-state index contributed by atoms with van der Waals surface area (Å²) in [5.41, 5.74) is 10.7. The van der Waals surface area contributed by atoms with Gasteiger partial charge in [-0.25, -0.2) is 19.9 Å². The Hall–Kier alpha value is -4.06. The van der Waals surface area contributed by atoms with E-state index >= 15 is 0 Å². The van der Waals surface area contributed by atoms with Gasteiger partial charge in [0.25, 0.3) is 0 Å². The van der Waals surface area contributed by atoms with E-state index < -0.39 is 0 Å². The summed E-state index contributed by atoms with van der Waals surface area (Å²) >= 11 is 0. The molecule has 0 spiro atoms. The Morgan fingerprint density at radius 2 is 1.65 bits per heavy atom. The molecule has 0 aliphatic carbocycles. The van der Waals surface area contributed by atoms with E-state index in [4.69, 9.17) is 25.4 Å². The lowest BCUT2D eigenvalue weighted by atomic mass is 10.0. The molecule has 5 heterocycles. The molecule has 0 saturated carbocycles. The molecule has 40 heavy (non-hydrogen) atoms. The van der Waals surface area contributed by atoms with Crippen LogP contribution in [0.1, 0.15) is 5.56 Å². The van der Waals surface area contributed by atoms with Crippen molar-refractivity contribution in [2.45, 2.75) is 6.42 Å². The van der Waals surface area contributed by atoms with E-state index in [2.05, 4.69) is 37.8 Å². The van der Waals surface area contributed by atoms with Crippen LogP contribution in [0.3, 0.4) is 0 Å². The first-order chi connectivity index (χ1) is 19.5. The number of nitrogens with zero attached hydrogens (tertiary/aromatic N) is 8. The zero-order valence-electron chi connectivity index (χ0n) is 22.7. The molecule has 0 radical (unpaired) electrons. The standard InChI is InChI=1S/C29H33N9O2/c1-36-5-7-37(8-6-36)19-24(39)14-20-3-2-4-21(13-20)22-15-25-26(31-16-22)28(38-9-11-40-12-10-38)35-27(34-25)23-17-32-29(30)33-18-23/h2-4,13,15-18H,5-12,14,19H2,1H3,(H2,30,32,33). The SMILES string of the molecule is CN1CCN(CC(=O)Cc2cccc(-c3cnc4c(N5CCOCC5)nc(-c5cnc(N)nc5)nc4c3)c2)CC1. The monoisotopic (exact) mass is 539 g/mol. The first-order valence-corrected chi connectivity index (χ1v) is 13.6. The Morgan fingerprint density at radius 3 is 2.42 bits per heavy atom. The number of aromatic nitrogens is 5. The fourth-order valence-corrected chi connectivity index (χ4v) is 5.14. The highest BCUT2D eigenvalue weighted by molar-refractivity contribution is 5.90. The molecule has 2 fully saturated rings. The van der Waals surface area contributed by atoms with E-state index in [1.54, 1.807) is 12.4 Å². The summed E-state index contributed by atoms with van der Waals surface area (Å²) in [6.45, 7) is 7.06. The maximum Gasteiger partial charge on any atom is 0.219 e. The second-order valence-electron chi connectivity index (χ2n) is 10.4. The predicted molar refractivity (Wildman–Crippen MR) is 154 cm³/mol. The average molecular weight is 540 g/mol. The van der Waals surface area contributed by atoms with E-state index in [1.165, 1.54) is 0 Å². The predicted octanol–water partition coefficient (Wildman–Crippen LogP) is 1.93. The normalized spacial score (nSPS) is 16.9. The topological polar surface area (TPSA) is 126 Å². The number of hydrogen-bond acceptors (Lipinski definition) is 11. The van der Waals surface area contributed by atoms with Gasteiger partial charge in [0, 0.05) is 69.8 Å². The van der Waals surface area contributed by atoms with Crippen LogP contribution < -0.4 is 10.6 Å². The van der Waals surface area contributed by atoms with Crippen LogP contribution in [0, 0.1) is 0 Å². The number of ether oxygens (including phenoxy) is 1. The molecule has 2 aliphatic rings. The number of carbonyl (C=O) groups is 1. The molecule has 2 aliphatic heterocycles. The molecule has 11 nitrogen and oxygen atoms in total. The Kier molecular flexibility index (Phi) is 7.58. The van der Waals surface area contributed by atoms with Gasteiger partial charge in [-0.2, -0.15) is 0 Å². The van der Waals surface area contributed by atoms with Gasteiger partial charge in [0.2, 0.25) is 5.95 Å². The van der Waals surface area contributed by atoms with E-state index in [0.29, 0.717) is 37.6 Å². The van der Waals surface area contributed by atoms with E-state index in [0.717, 1.165) is 72.8 Å². The number of Topliss-reactive ketones (excluding diaryl/α,β-unsaturated/α-hetero) is 1. The fourth-order valence-electron chi connectivity index (χ4n) is 5.14. The van der Waals surface area contributed by atoms with Crippen LogP contribution in [0.4, 0.5) is 11.8 Å². The molecule has 6 rings (SSSR count). The minimum absolute atomic E-state index is 0.198. The molecule has 1 aromatic carbocycles. The summed E-state index contributed by atoms with van der Waals surface area (Å²) in [5.74, 6) is 1.70. The lowest BCUT2D eigenvalue weighted by Gasteiger charge is -2.31. The third-order valence-electron chi connectivity index (χ3n) is 7.42. The number of morpholine rings is 1. The van der Waals surface area contributed by atoms with Crippen molar-refractivity contribution < 1.29 is 9.53 Å². The number of piperazine rings is 1. The second-order valence-corrected chi connectivity index (χ2v) is 10.4. The zero-order chi connectivity index (χ0) is 27.5. The minimum atomic E-state index is 0.198. The molecule has 3 aromatic heterocycles. The van der Waals surface area contributed by atoms with Gasteiger partial charge in [-0.3, -0.25) is 14.7 Å². The number of rotatable bonds is 7. The summed E-state index contributed by atoms with van der Waals surface area (Å²) in [6, 6.07) is 10.1. The average Bonchev–Trinajstić information content (AvgIpc) is 2.98. The van der Waals surface area contributed by atoms with Crippen molar-refractivity contribution in [3.8, 4) is 22.5 Å². The van der Waals surface area contributed by atoms with Gasteiger partial charge in [-0.1, -0.05) is 24.3 Å². The Labute approximate surface area is 233 Å². The molecular formula is C29H33N9O2. The number of nitrogens with two attached hydrogens (primary N) is 1. The van der Waals surface area contributed by atoms with Crippen molar-refractivity contribution >= 4 is 28.6 Å². The highest BCUT2D eigenvalue weighted by Crippen LogP contribution is 2.30. The molecule has 2 saturated heterocycles. The van der Waals surface area contributed by atoms with Gasteiger partial charge in [-0.15, -0.1) is 0 Å². The molecule has 0 atom stereocenters. The van der Waals surface area contributed by atoms with Crippen LogP contribution in [0.25, 0.3) is 33.5 Å². The fraction of sp³-hybridized carbons (Fsp3) is 0.379. The molecule has 4 aromatic rings. The maximum absolute atomic E-state index is 12.8. The molecule has 0 amide bonds. The van der Waals surface area contributed by atoms with Crippen molar-refractivity contribution in [3.63, 3.8) is 0 Å². The van der Waals surface area contributed by atoms with Crippen LogP contribution in [0.15, 0.2) is 48.9 Å². The van der Waals surface area contributed by atoms with Crippen LogP contribution in [-0.4, -0.2) is 107 Å². The van der Waals surface area contributed by atoms with Crippen molar-refractivity contribution in [1.82, 2.24) is 34.7 Å². The van der Waals surface area contributed by atoms with Crippen LogP contribution >= 0.6 is 0 Å². The number of nitrogen functional groups attached to an aromatic ring is 1. The molecular weight excluding hydrogens is 506 g/mol. The number of ketones is 1. The summed E-state index contributed by atoms with van der Waals surface area (Å²) in [5, 5.41) is 0. The smallest absolute Gasteiger partial charge is 0.219 e. The number of hydrogen-bond donors (Lipinski definition) is 1. The summed E-state index contributed by atoms with van der Waals surface area (Å²) < 4.78 is 5.56. The van der Waals surface area contributed by atoms with Gasteiger partial charge in [-0.05, 0) is 24.2 Å². The number of benzene rings is 1. The number of pyridine rings is 1. The van der Waals surface area contributed by atoms with Crippen molar-refractivity contribution in [2.75, 3.05) is 76.7 Å². The molecule has 2 N–H and O–H groups in total. The lowest BCUT2D eigenvalue weighted by molar-refractivity contribution is -0.119. The van der Waals surface area contributed by atoms with Gasteiger partial charge in [0.1, 0.15) is 5.52 Å². The molecule has 11 heteroatoms. The highest BCUT2D eigenvalue weighted by Gasteiger charge is 2.20. The van der Waals surface area contributed by atoms with Gasteiger partial charge in [0.15, 0.2) is 17.4 Å². The quantitative estimate of drug-likeness (QED) is 0.370. The number of carbonyl (C=O) groups excluding carboxylic acids is 1. The number of fused-ring (bicyclic) bond motifs is 1. The largest absolute Gasteiger partial charge is 0.378 e. The lowest BCUT2D eigenvalue weighted by Crippen LogP contribution is -2.46. The van der Waals surface area contributed by atoms with Crippen molar-refractivity contribution in [2.24, 2.45) is 0 Å². The van der Waals surface area contributed by atoms with Crippen LogP contribution in [0.2, 0.25) is 0 Å². The van der Waals surface area contributed by atoms with E-state index in [-0.39, 0.29) is 11.7 Å². The Bertz CT molecular complexity index is 1500. The summed E-state index contributed by atoms with van der Waals surface area (Å²) in [4.78, 5) is 42.3. The van der Waals surface area contributed by atoms with Gasteiger partial charge in [0.05, 0.1) is 30.8 Å². The first-order valence-electron chi connectivity index (χ1n) is 13.6. The zero-order valence-corrected chi connectivity index (χ0v) is 22.7. The third kappa shape index (κ3) is 5.91. The van der Waals surface area contributed by atoms with Gasteiger partial charge >= 0.3 is 0 Å². The summed E-state index contributed by atoms with van der Waals surface area (Å²) in [7, 11) is 2.12. The van der Waals surface area contributed by atoms with Crippen molar-refractivity contribution in [3.05, 3.63) is 54.5 Å². The molecule has 0 unspecified atom stereocenters. The van der Waals surface area contributed by atoms with Crippen molar-refractivity contribution in [1.29, 1.82) is 0 Å². The maximum atomic E-state index is 12.8. The van der Waals surface area contributed by atoms with Gasteiger partial charge < -0.3 is 20.3 Å². The number of likely N-dealkylation sites (N-methyl/N-ethyl adjacent to an activating group) is 1. The Morgan fingerprint density at radius 1 is 0.900 bits per heavy atom. The third-order valence-corrected chi connectivity index (χ3v) is 7.42. The second kappa shape index (κ2) is 11.6. The highest BCUT2D eigenvalue weighted by atomic mass is 16.5. The Balaban J connectivity index is 1.29.